The predicted molar refractivity (Wildman–Crippen MR) is 79.8 cm³/mol. The Balaban J connectivity index is 2.47. The highest BCUT2D eigenvalue weighted by atomic mass is 19.1. The molecule has 0 saturated heterocycles. The highest BCUT2D eigenvalue weighted by molar-refractivity contribution is 5.26. The number of halogens is 1. The number of nitrogens with one attached hydrogen (secondary N) is 1. The predicted octanol–water partition coefficient (Wildman–Crippen LogP) is 3.20. The molecule has 0 aromatic heterocycles. The van der Waals surface area contributed by atoms with E-state index in [-0.39, 0.29) is 5.82 Å². The molecule has 3 heteroatoms. The Labute approximate surface area is 117 Å². The van der Waals surface area contributed by atoms with Crippen LogP contribution in [0, 0.1) is 18.7 Å². The van der Waals surface area contributed by atoms with Crippen LogP contribution in [0.15, 0.2) is 18.2 Å². The maximum atomic E-state index is 13.0. The van der Waals surface area contributed by atoms with Crippen LogP contribution in [-0.4, -0.2) is 31.6 Å². The van der Waals surface area contributed by atoms with Gasteiger partial charge in [0.2, 0.25) is 0 Å². The number of hydrogen-bond acceptors (Lipinski definition) is 2. The molecule has 1 aromatic carbocycles. The van der Waals surface area contributed by atoms with E-state index in [0.29, 0.717) is 12.0 Å². The van der Waals surface area contributed by atoms with Crippen LogP contribution >= 0.6 is 0 Å². The maximum absolute atomic E-state index is 13.0. The summed E-state index contributed by atoms with van der Waals surface area (Å²) in [5.41, 5.74) is 2.18. The summed E-state index contributed by atoms with van der Waals surface area (Å²) in [5, 5.41) is 3.48. The number of aryl methyl sites for hydroxylation is 1. The standard InChI is InChI=1S/C16H27FN2/c1-12(2)8-16(19(4)5)11-18-10-14-6-7-15(17)9-13(14)3/h6-7,9,12,16,18H,8,10-11H2,1-5H3. The van der Waals surface area contributed by atoms with Crippen LogP contribution in [-0.2, 0) is 6.54 Å². The highest BCUT2D eigenvalue weighted by Crippen LogP contribution is 2.11. The molecule has 1 aromatic rings. The molecule has 0 heterocycles. The van der Waals surface area contributed by atoms with E-state index in [9.17, 15) is 4.39 Å². The van der Waals surface area contributed by atoms with E-state index in [1.165, 1.54) is 18.1 Å². The fraction of sp³-hybridized carbons (Fsp3) is 0.625. The molecule has 2 nitrogen and oxygen atoms in total. The number of hydrogen-bond donors (Lipinski definition) is 1. The third-order valence-electron chi connectivity index (χ3n) is 3.47. The zero-order chi connectivity index (χ0) is 14.4. The quantitative estimate of drug-likeness (QED) is 0.815. The normalized spacial score (nSPS) is 13.3. The summed E-state index contributed by atoms with van der Waals surface area (Å²) < 4.78 is 13.0. The third-order valence-corrected chi connectivity index (χ3v) is 3.47. The summed E-state index contributed by atoms with van der Waals surface area (Å²) in [5.74, 6) is 0.536. The van der Waals surface area contributed by atoms with E-state index in [1.807, 2.05) is 13.0 Å². The minimum Gasteiger partial charge on any atom is -0.311 e. The summed E-state index contributed by atoms with van der Waals surface area (Å²) in [4.78, 5) is 2.27. The van der Waals surface area contributed by atoms with Crippen LogP contribution < -0.4 is 5.32 Å². The molecular weight excluding hydrogens is 239 g/mol. The van der Waals surface area contributed by atoms with Crippen molar-refractivity contribution in [2.24, 2.45) is 5.92 Å². The Morgan fingerprint density at radius 2 is 1.95 bits per heavy atom. The molecule has 1 atom stereocenters. The lowest BCUT2D eigenvalue weighted by molar-refractivity contribution is 0.246. The summed E-state index contributed by atoms with van der Waals surface area (Å²) in [6.07, 6.45) is 1.18. The number of likely N-dealkylation sites (N-methyl/N-ethyl adjacent to an activating group) is 1. The van der Waals surface area contributed by atoms with Crippen molar-refractivity contribution >= 4 is 0 Å². The molecule has 0 bridgehead atoms. The van der Waals surface area contributed by atoms with Gasteiger partial charge in [0.05, 0.1) is 0 Å². The second-order valence-corrected chi connectivity index (χ2v) is 5.95. The molecule has 108 valence electrons. The third kappa shape index (κ3) is 5.70. The molecule has 0 aliphatic heterocycles. The summed E-state index contributed by atoms with van der Waals surface area (Å²) in [6, 6.07) is 5.53. The van der Waals surface area contributed by atoms with Crippen molar-refractivity contribution in [2.75, 3.05) is 20.6 Å². The Bertz CT molecular complexity index is 388. The smallest absolute Gasteiger partial charge is 0.123 e. The summed E-state index contributed by atoms with van der Waals surface area (Å²) in [6.45, 7) is 8.22. The fourth-order valence-electron chi connectivity index (χ4n) is 2.25. The molecule has 1 unspecified atom stereocenters. The fourth-order valence-corrected chi connectivity index (χ4v) is 2.25. The van der Waals surface area contributed by atoms with Gasteiger partial charge in [-0.3, -0.25) is 0 Å². The Kier molecular flexibility index (Phi) is 6.46. The van der Waals surface area contributed by atoms with Gasteiger partial charge in [0, 0.05) is 19.1 Å². The summed E-state index contributed by atoms with van der Waals surface area (Å²) >= 11 is 0. The first kappa shape index (κ1) is 16.1. The van der Waals surface area contributed by atoms with Crippen molar-refractivity contribution in [1.82, 2.24) is 10.2 Å². The van der Waals surface area contributed by atoms with Gasteiger partial charge in [-0.15, -0.1) is 0 Å². The minimum atomic E-state index is -0.160. The van der Waals surface area contributed by atoms with Gasteiger partial charge in [-0.25, -0.2) is 4.39 Å². The first-order chi connectivity index (χ1) is 8.90. The molecule has 0 aliphatic rings. The number of benzene rings is 1. The van der Waals surface area contributed by atoms with Crippen molar-refractivity contribution in [3.63, 3.8) is 0 Å². The van der Waals surface area contributed by atoms with Gasteiger partial charge in [-0.1, -0.05) is 19.9 Å². The highest BCUT2D eigenvalue weighted by Gasteiger charge is 2.12. The van der Waals surface area contributed by atoms with Crippen LogP contribution in [0.2, 0.25) is 0 Å². The van der Waals surface area contributed by atoms with Gasteiger partial charge in [0.1, 0.15) is 5.82 Å². The number of rotatable bonds is 7. The van der Waals surface area contributed by atoms with Crippen molar-refractivity contribution < 1.29 is 4.39 Å². The van der Waals surface area contributed by atoms with Gasteiger partial charge in [-0.2, -0.15) is 0 Å². The lowest BCUT2D eigenvalue weighted by Crippen LogP contribution is -2.38. The average molecular weight is 266 g/mol. The first-order valence-corrected chi connectivity index (χ1v) is 7.02. The average Bonchev–Trinajstić information content (AvgIpc) is 2.29. The van der Waals surface area contributed by atoms with E-state index in [4.69, 9.17) is 0 Å². The molecule has 0 fully saturated rings. The molecule has 1 rings (SSSR count). The van der Waals surface area contributed by atoms with Gasteiger partial charge >= 0.3 is 0 Å². The Hall–Kier alpha value is -0.930. The van der Waals surface area contributed by atoms with Crippen LogP contribution in [0.3, 0.4) is 0 Å². The molecular formula is C16H27FN2. The van der Waals surface area contributed by atoms with Gasteiger partial charge in [0.25, 0.3) is 0 Å². The van der Waals surface area contributed by atoms with E-state index in [1.54, 1.807) is 6.07 Å². The lowest BCUT2D eigenvalue weighted by Gasteiger charge is -2.26. The molecule has 0 aliphatic carbocycles. The van der Waals surface area contributed by atoms with Crippen molar-refractivity contribution in [2.45, 2.75) is 39.8 Å². The van der Waals surface area contributed by atoms with Crippen LogP contribution in [0.25, 0.3) is 0 Å². The molecule has 19 heavy (non-hydrogen) atoms. The van der Waals surface area contributed by atoms with E-state index in [0.717, 1.165) is 18.7 Å². The van der Waals surface area contributed by atoms with Gasteiger partial charge < -0.3 is 10.2 Å². The SMILES string of the molecule is Cc1cc(F)ccc1CNCC(CC(C)C)N(C)C. The van der Waals surface area contributed by atoms with E-state index >= 15 is 0 Å². The maximum Gasteiger partial charge on any atom is 0.123 e. The minimum absolute atomic E-state index is 0.160. The first-order valence-electron chi connectivity index (χ1n) is 7.02. The van der Waals surface area contributed by atoms with Crippen molar-refractivity contribution in [3.8, 4) is 0 Å². The lowest BCUT2D eigenvalue weighted by atomic mass is 10.0. The zero-order valence-electron chi connectivity index (χ0n) is 12.8. The van der Waals surface area contributed by atoms with Gasteiger partial charge in [0.15, 0.2) is 0 Å². The van der Waals surface area contributed by atoms with E-state index in [2.05, 4.69) is 38.2 Å². The van der Waals surface area contributed by atoms with E-state index < -0.39 is 0 Å². The van der Waals surface area contributed by atoms with Crippen LogP contribution in [0.4, 0.5) is 4.39 Å². The number of nitrogens with zero attached hydrogens (tertiary/aromatic N) is 1. The molecule has 0 radical (unpaired) electrons. The van der Waals surface area contributed by atoms with Crippen LogP contribution in [0.1, 0.15) is 31.4 Å². The monoisotopic (exact) mass is 266 g/mol. The molecule has 0 spiro atoms. The molecule has 0 saturated carbocycles. The van der Waals surface area contributed by atoms with Crippen molar-refractivity contribution in [1.29, 1.82) is 0 Å². The Morgan fingerprint density at radius 1 is 1.26 bits per heavy atom. The summed E-state index contributed by atoms with van der Waals surface area (Å²) in [7, 11) is 4.25. The van der Waals surface area contributed by atoms with Gasteiger partial charge in [-0.05, 0) is 56.6 Å². The second kappa shape index (κ2) is 7.61. The topological polar surface area (TPSA) is 15.3 Å². The van der Waals surface area contributed by atoms with Crippen molar-refractivity contribution in [3.05, 3.63) is 35.1 Å². The molecule has 0 amide bonds. The Morgan fingerprint density at radius 3 is 2.47 bits per heavy atom. The largest absolute Gasteiger partial charge is 0.311 e. The molecule has 1 N–H and O–H groups in total. The van der Waals surface area contributed by atoms with Crippen LogP contribution in [0.5, 0.6) is 0 Å². The zero-order valence-corrected chi connectivity index (χ0v) is 12.8. The second-order valence-electron chi connectivity index (χ2n) is 5.95.